The maximum Gasteiger partial charge on any atom is 0.248 e. The molecule has 1 amide bonds. The number of nitrogens with zero attached hydrogens (tertiary/aromatic N) is 4. The molecule has 2 atom stereocenters. The van der Waals surface area contributed by atoms with E-state index in [-0.39, 0.29) is 36.1 Å². The molecular weight excluding hydrogens is 356 g/mol. The van der Waals surface area contributed by atoms with Gasteiger partial charge in [0.25, 0.3) is 0 Å². The average molecular weight is 385 g/mol. The number of sulfone groups is 1. The number of rotatable bonds is 6. The van der Waals surface area contributed by atoms with E-state index in [1.54, 1.807) is 4.90 Å². The van der Waals surface area contributed by atoms with E-state index in [1.165, 1.54) is 7.11 Å². The summed E-state index contributed by atoms with van der Waals surface area (Å²) < 4.78 is 31.5. The molecule has 2 saturated heterocycles. The molecule has 26 heavy (non-hydrogen) atoms. The van der Waals surface area contributed by atoms with Crippen molar-refractivity contribution in [3.8, 4) is 0 Å². The molecule has 0 radical (unpaired) electrons. The molecule has 3 rings (SSSR count). The Labute approximate surface area is 155 Å². The zero-order valence-corrected chi connectivity index (χ0v) is 16.5. The van der Waals surface area contributed by atoms with E-state index in [2.05, 4.69) is 23.8 Å². The Balaban J connectivity index is 1.79. The van der Waals surface area contributed by atoms with Gasteiger partial charge in [0.2, 0.25) is 5.91 Å². The van der Waals surface area contributed by atoms with Crippen LogP contribution in [-0.4, -0.2) is 84.3 Å². The highest BCUT2D eigenvalue weighted by atomic mass is 32.2. The van der Waals surface area contributed by atoms with Crippen LogP contribution in [0.25, 0.3) is 0 Å². The molecule has 3 heterocycles. The van der Waals surface area contributed by atoms with E-state index in [4.69, 9.17) is 4.74 Å². The van der Waals surface area contributed by atoms with Crippen molar-refractivity contribution in [3.05, 3.63) is 17.5 Å². The predicted octanol–water partition coefficient (Wildman–Crippen LogP) is 0.0577. The minimum Gasteiger partial charge on any atom is -0.375 e. The van der Waals surface area contributed by atoms with E-state index in [9.17, 15) is 13.2 Å². The van der Waals surface area contributed by atoms with Crippen molar-refractivity contribution < 1.29 is 17.9 Å². The van der Waals surface area contributed by atoms with Crippen molar-refractivity contribution in [2.24, 2.45) is 0 Å². The van der Waals surface area contributed by atoms with Crippen LogP contribution in [0.4, 0.5) is 0 Å². The molecule has 0 N–H and O–H groups in total. The van der Waals surface area contributed by atoms with Gasteiger partial charge >= 0.3 is 0 Å². The maximum absolute atomic E-state index is 12.3. The van der Waals surface area contributed by atoms with Gasteiger partial charge in [-0.3, -0.25) is 14.4 Å². The van der Waals surface area contributed by atoms with Gasteiger partial charge in [-0.1, -0.05) is 6.92 Å². The van der Waals surface area contributed by atoms with Crippen molar-refractivity contribution >= 4 is 15.7 Å². The van der Waals surface area contributed by atoms with Crippen molar-refractivity contribution in [1.29, 1.82) is 0 Å². The largest absolute Gasteiger partial charge is 0.375 e. The van der Waals surface area contributed by atoms with Crippen LogP contribution in [0.15, 0.2) is 6.20 Å². The Morgan fingerprint density at radius 3 is 2.73 bits per heavy atom. The number of piperazine rings is 1. The average Bonchev–Trinajstić information content (AvgIpc) is 3.08. The van der Waals surface area contributed by atoms with Crippen molar-refractivity contribution in [2.45, 2.75) is 45.4 Å². The van der Waals surface area contributed by atoms with Gasteiger partial charge in [0.15, 0.2) is 9.84 Å². The van der Waals surface area contributed by atoms with Gasteiger partial charge in [-0.05, 0) is 13.3 Å². The zero-order chi connectivity index (χ0) is 18.9. The predicted molar refractivity (Wildman–Crippen MR) is 97.5 cm³/mol. The lowest BCUT2D eigenvalue weighted by Gasteiger charge is -2.43. The first-order valence-corrected chi connectivity index (χ1v) is 10.9. The van der Waals surface area contributed by atoms with Gasteiger partial charge in [0, 0.05) is 50.6 Å². The molecule has 1 aromatic heterocycles. The Bertz CT molecular complexity index is 761. The molecule has 0 bridgehead atoms. The lowest BCUT2D eigenvalue weighted by molar-refractivity contribution is -0.141. The molecule has 1 aromatic rings. The summed E-state index contributed by atoms with van der Waals surface area (Å²) in [7, 11) is -1.67. The quantitative estimate of drug-likeness (QED) is 0.689. The molecule has 0 unspecified atom stereocenters. The van der Waals surface area contributed by atoms with Crippen molar-refractivity contribution in [3.63, 3.8) is 0 Å². The van der Waals surface area contributed by atoms with E-state index in [0.29, 0.717) is 19.6 Å². The summed E-state index contributed by atoms with van der Waals surface area (Å²) in [5.74, 6) is 0.0139. The highest BCUT2D eigenvalue weighted by Gasteiger charge is 2.47. The normalized spacial score (nSPS) is 25.4. The van der Waals surface area contributed by atoms with Gasteiger partial charge in [0.05, 0.1) is 23.7 Å². The molecule has 0 saturated carbocycles. The van der Waals surface area contributed by atoms with Crippen molar-refractivity contribution in [1.82, 2.24) is 19.6 Å². The van der Waals surface area contributed by atoms with Crippen LogP contribution in [0.1, 0.15) is 24.6 Å². The Hall–Kier alpha value is -1.45. The molecule has 0 spiro atoms. The van der Waals surface area contributed by atoms with Gasteiger partial charge in [0.1, 0.15) is 6.61 Å². The standard InChI is InChI=1S/C17H28N4O4S/c1-4-5-21-13(2)14(8-18-21)9-19-6-7-20(17(22)10-25-3)16-12-26(23,24)11-15(16)19/h8,15-16H,4-7,9-12H2,1-3H3/t15-,16+/m0/s1. The molecule has 2 aliphatic rings. The second-order valence-electron chi connectivity index (χ2n) is 7.18. The number of methoxy groups -OCH3 is 1. The molecule has 0 aliphatic carbocycles. The number of carbonyl (C=O) groups excluding carboxylic acids is 1. The Morgan fingerprint density at radius 1 is 1.31 bits per heavy atom. The van der Waals surface area contributed by atoms with Crippen LogP contribution in [0.3, 0.4) is 0 Å². The Kier molecular flexibility index (Phi) is 5.69. The van der Waals surface area contributed by atoms with E-state index < -0.39 is 9.84 Å². The first-order chi connectivity index (χ1) is 12.4. The van der Waals surface area contributed by atoms with Crippen LogP contribution in [0.5, 0.6) is 0 Å². The number of ether oxygens (including phenoxy) is 1. The summed E-state index contributed by atoms with van der Waals surface area (Å²) in [6.07, 6.45) is 2.90. The molecule has 2 fully saturated rings. The molecule has 2 aliphatic heterocycles. The smallest absolute Gasteiger partial charge is 0.248 e. The van der Waals surface area contributed by atoms with Crippen molar-refractivity contribution in [2.75, 3.05) is 38.3 Å². The number of amides is 1. The zero-order valence-electron chi connectivity index (χ0n) is 15.7. The van der Waals surface area contributed by atoms with Crippen LogP contribution < -0.4 is 0 Å². The molecule has 146 valence electrons. The first-order valence-electron chi connectivity index (χ1n) is 9.10. The SMILES string of the molecule is CCCn1ncc(CN2CCN(C(=O)COC)[C@@H]3CS(=O)(=O)C[C@@H]32)c1C. The Morgan fingerprint density at radius 2 is 2.04 bits per heavy atom. The molecule has 8 nitrogen and oxygen atoms in total. The first kappa shape index (κ1) is 19.3. The molecule has 9 heteroatoms. The van der Waals surface area contributed by atoms with Gasteiger partial charge in [-0.25, -0.2) is 8.42 Å². The number of hydrogen-bond acceptors (Lipinski definition) is 6. The third kappa shape index (κ3) is 3.79. The lowest BCUT2D eigenvalue weighted by Crippen LogP contribution is -2.60. The fraction of sp³-hybridized carbons (Fsp3) is 0.765. The summed E-state index contributed by atoms with van der Waals surface area (Å²) >= 11 is 0. The number of aromatic nitrogens is 2. The second-order valence-corrected chi connectivity index (χ2v) is 9.33. The topological polar surface area (TPSA) is 84.7 Å². The maximum atomic E-state index is 12.3. The second kappa shape index (κ2) is 7.66. The summed E-state index contributed by atoms with van der Waals surface area (Å²) in [5.41, 5.74) is 2.25. The summed E-state index contributed by atoms with van der Waals surface area (Å²) in [6, 6.07) is -0.453. The van der Waals surface area contributed by atoms with Crippen LogP contribution in [0, 0.1) is 6.92 Å². The fourth-order valence-electron chi connectivity index (χ4n) is 4.03. The monoisotopic (exact) mass is 384 g/mol. The van der Waals surface area contributed by atoms with Crippen LogP contribution in [-0.2, 0) is 32.5 Å². The van der Waals surface area contributed by atoms with E-state index in [1.807, 2.05) is 10.9 Å². The summed E-state index contributed by atoms with van der Waals surface area (Å²) in [4.78, 5) is 16.2. The van der Waals surface area contributed by atoms with Crippen LogP contribution in [0.2, 0.25) is 0 Å². The number of fused-ring (bicyclic) bond motifs is 1. The van der Waals surface area contributed by atoms with Gasteiger partial charge < -0.3 is 9.64 Å². The van der Waals surface area contributed by atoms with E-state index >= 15 is 0 Å². The highest BCUT2D eigenvalue weighted by molar-refractivity contribution is 7.91. The van der Waals surface area contributed by atoms with Gasteiger partial charge in [-0.15, -0.1) is 0 Å². The summed E-state index contributed by atoms with van der Waals surface area (Å²) in [5, 5.41) is 4.44. The minimum absolute atomic E-state index is 0.00777. The van der Waals surface area contributed by atoms with E-state index in [0.717, 1.165) is 24.2 Å². The fourth-order valence-corrected chi connectivity index (χ4v) is 6.05. The number of aryl methyl sites for hydroxylation is 1. The van der Waals surface area contributed by atoms with Gasteiger partial charge in [-0.2, -0.15) is 5.10 Å². The highest BCUT2D eigenvalue weighted by Crippen LogP contribution is 2.28. The third-order valence-corrected chi connectivity index (χ3v) is 7.09. The lowest BCUT2D eigenvalue weighted by atomic mass is 10.0. The molecule has 0 aromatic carbocycles. The summed E-state index contributed by atoms with van der Waals surface area (Å²) in [6.45, 7) is 6.89. The third-order valence-electron chi connectivity index (χ3n) is 5.39. The number of carbonyl (C=O) groups is 1. The minimum atomic E-state index is -3.15. The van der Waals surface area contributed by atoms with Crippen LogP contribution >= 0.6 is 0 Å². The number of hydrogen-bond donors (Lipinski definition) is 0. The molecular formula is C17H28N4O4S.